The van der Waals surface area contributed by atoms with E-state index in [2.05, 4.69) is 4.98 Å². The largest absolute Gasteiger partial charge is 0.449 e. The fraction of sp³-hybridized carbons (Fsp3) is 0. The van der Waals surface area contributed by atoms with Gasteiger partial charge in [-0.25, -0.2) is 9.78 Å². The molecular weight excluding hydrogens is 325 g/mol. The first-order chi connectivity index (χ1) is 10.6. The van der Waals surface area contributed by atoms with E-state index in [4.69, 9.17) is 32.4 Å². The van der Waals surface area contributed by atoms with E-state index in [1.54, 1.807) is 42.5 Å². The molecule has 2 heterocycles. The lowest BCUT2D eigenvalue weighted by atomic mass is 10.2. The zero-order chi connectivity index (χ0) is 15.5. The first-order valence-electron chi connectivity index (χ1n) is 6.32. The predicted molar refractivity (Wildman–Crippen MR) is 83.4 cm³/mol. The third-order valence-electron chi connectivity index (χ3n) is 2.85. The summed E-state index contributed by atoms with van der Waals surface area (Å²) in [6.45, 7) is 0. The van der Waals surface area contributed by atoms with Crippen LogP contribution in [0.5, 0.6) is 5.88 Å². The van der Waals surface area contributed by atoms with Crippen LogP contribution in [-0.4, -0.2) is 11.0 Å². The topological polar surface area (TPSA) is 52.3 Å². The first kappa shape index (κ1) is 14.6. The van der Waals surface area contributed by atoms with Gasteiger partial charge in [0, 0.05) is 17.8 Å². The number of hydrogen-bond acceptors (Lipinski definition) is 4. The van der Waals surface area contributed by atoms with E-state index in [1.807, 2.05) is 0 Å². The summed E-state index contributed by atoms with van der Waals surface area (Å²) in [5.41, 5.74) is 0.714. The third kappa shape index (κ3) is 3.13. The standard InChI is InChI=1S/C16H9Cl2NO3/c17-11-5-4-10(9-12(11)18)13-6-7-14(21-13)16(20)22-15-3-1-2-8-19-15/h1-9H. The van der Waals surface area contributed by atoms with Crippen molar-refractivity contribution in [3.63, 3.8) is 0 Å². The highest BCUT2D eigenvalue weighted by Crippen LogP contribution is 2.29. The molecule has 0 amide bonds. The smallest absolute Gasteiger partial charge is 0.380 e. The van der Waals surface area contributed by atoms with Gasteiger partial charge in [0.25, 0.3) is 0 Å². The number of furan rings is 1. The Bertz CT molecular complexity index is 815. The molecule has 2 aromatic heterocycles. The number of benzene rings is 1. The predicted octanol–water partition coefficient (Wildman–Crippen LogP) is 4.87. The van der Waals surface area contributed by atoms with Gasteiger partial charge in [0.15, 0.2) is 0 Å². The molecule has 0 aliphatic heterocycles. The van der Waals surface area contributed by atoms with Gasteiger partial charge >= 0.3 is 5.97 Å². The highest BCUT2D eigenvalue weighted by molar-refractivity contribution is 6.42. The minimum atomic E-state index is -0.620. The quantitative estimate of drug-likeness (QED) is 0.642. The fourth-order valence-electron chi connectivity index (χ4n) is 1.80. The number of rotatable bonds is 3. The maximum absolute atomic E-state index is 12.0. The number of pyridine rings is 1. The molecule has 0 N–H and O–H groups in total. The summed E-state index contributed by atoms with van der Waals surface area (Å²) in [6, 6.07) is 13.3. The fourth-order valence-corrected chi connectivity index (χ4v) is 2.10. The SMILES string of the molecule is O=C(Oc1ccccn1)c1ccc(-c2ccc(Cl)c(Cl)c2)o1. The van der Waals surface area contributed by atoms with Crippen molar-refractivity contribution in [3.05, 3.63) is 70.5 Å². The van der Waals surface area contributed by atoms with Crippen molar-refractivity contribution in [3.8, 4) is 17.2 Å². The number of nitrogens with zero attached hydrogens (tertiary/aromatic N) is 1. The molecule has 0 fully saturated rings. The lowest BCUT2D eigenvalue weighted by Crippen LogP contribution is -2.07. The molecule has 6 heteroatoms. The molecule has 22 heavy (non-hydrogen) atoms. The van der Waals surface area contributed by atoms with Gasteiger partial charge in [-0.05, 0) is 36.4 Å². The number of halogens is 2. The van der Waals surface area contributed by atoms with Crippen LogP contribution < -0.4 is 4.74 Å². The summed E-state index contributed by atoms with van der Waals surface area (Å²) in [7, 11) is 0. The zero-order valence-electron chi connectivity index (χ0n) is 11.1. The van der Waals surface area contributed by atoms with Crippen LogP contribution >= 0.6 is 23.2 Å². The van der Waals surface area contributed by atoms with Crippen LogP contribution in [0.15, 0.2) is 59.1 Å². The highest BCUT2D eigenvalue weighted by Gasteiger charge is 2.15. The van der Waals surface area contributed by atoms with E-state index >= 15 is 0 Å². The lowest BCUT2D eigenvalue weighted by Gasteiger charge is -2.01. The van der Waals surface area contributed by atoms with Crippen molar-refractivity contribution in [2.45, 2.75) is 0 Å². The third-order valence-corrected chi connectivity index (χ3v) is 3.59. The van der Waals surface area contributed by atoms with Gasteiger partial charge in [-0.15, -0.1) is 0 Å². The Morgan fingerprint density at radius 3 is 2.64 bits per heavy atom. The summed E-state index contributed by atoms with van der Waals surface area (Å²) < 4.78 is 10.6. The van der Waals surface area contributed by atoms with Crippen molar-refractivity contribution in [1.82, 2.24) is 4.98 Å². The molecule has 0 spiro atoms. The Hall–Kier alpha value is -2.30. The van der Waals surface area contributed by atoms with Gasteiger partial charge in [0.2, 0.25) is 11.6 Å². The number of esters is 1. The Labute approximate surface area is 136 Å². The Morgan fingerprint density at radius 2 is 1.91 bits per heavy atom. The van der Waals surface area contributed by atoms with Crippen LogP contribution in [0.25, 0.3) is 11.3 Å². The van der Waals surface area contributed by atoms with Crippen molar-refractivity contribution in [2.24, 2.45) is 0 Å². The molecule has 3 rings (SSSR count). The summed E-state index contributed by atoms with van der Waals surface area (Å²) in [4.78, 5) is 15.9. The molecule has 3 aromatic rings. The van der Waals surface area contributed by atoms with E-state index in [0.717, 1.165) is 0 Å². The summed E-state index contributed by atoms with van der Waals surface area (Å²) >= 11 is 11.8. The second kappa shape index (κ2) is 6.22. The number of aromatic nitrogens is 1. The molecule has 0 aliphatic rings. The van der Waals surface area contributed by atoms with E-state index in [1.165, 1.54) is 12.3 Å². The normalized spacial score (nSPS) is 10.5. The maximum Gasteiger partial charge on any atom is 0.380 e. The van der Waals surface area contributed by atoms with Gasteiger partial charge in [-0.1, -0.05) is 29.3 Å². The van der Waals surface area contributed by atoms with E-state index in [0.29, 0.717) is 21.4 Å². The molecule has 1 aromatic carbocycles. The molecule has 0 radical (unpaired) electrons. The van der Waals surface area contributed by atoms with Gasteiger partial charge in [-0.2, -0.15) is 0 Å². The van der Waals surface area contributed by atoms with Crippen LogP contribution in [0.1, 0.15) is 10.6 Å². The van der Waals surface area contributed by atoms with Crippen LogP contribution in [0.2, 0.25) is 10.0 Å². The number of ether oxygens (including phenoxy) is 1. The van der Waals surface area contributed by atoms with E-state index in [-0.39, 0.29) is 11.6 Å². The number of carbonyl (C=O) groups excluding carboxylic acids is 1. The Kier molecular flexibility index (Phi) is 4.13. The maximum atomic E-state index is 12.0. The molecule has 0 saturated heterocycles. The number of hydrogen-bond donors (Lipinski definition) is 0. The van der Waals surface area contributed by atoms with Crippen molar-refractivity contribution in [1.29, 1.82) is 0 Å². The molecule has 0 aliphatic carbocycles. The average molecular weight is 334 g/mol. The van der Waals surface area contributed by atoms with Crippen LogP contribution in [-0.2, 0) is 0 Å². The second-order valence-corrected chi connectivity index (χ2v) is 5.16. The Morgan fingerprint density at radius 1 is 1.05 bits per heavy atom. The van der Waals surface area contributed by atoms with Gasteiger partial charge in [-0.3, -0.25) is 0 Å². The van der Waals surface area contributed by atoms with Crippen molar-refractivity contribution in [2.75, 3.05) is 0 Å². The van der Waals surface area contributed by atoms with Crippen LogP contribution in [0, 0.1) is 0 Å². The molecular formula is C16H9Cl2NO3. The zero-order valence-corrected chi connectivity index (χ0v) is 12.6. The summed E-state index contributed by atoms with van der Waals surface area (Å²) in [6.07, 6.45) is 1.53. The molecule has 110 valence electrons. The summed E-state index contributed by atoms with van der Waals surface area (Å²) in [5.74, 6) is 0.156. The molecule has 4 nitrogen and oxygen atoms in total. The van der Waals surface area contributed by atoms with Crippen molar-refractivity contribution >= 4 is 29.2 Å². The highest BCUT2D eigenvalue weighted by atomic mass is 35.5. The molecule has 0 atom stereocenters. The first-order valence-corrected chi connectivity index (χ1v) is 7.07. The van der Waals surface area contributed by atoms with Gasteiger partial charge in [0.1, 0.15) is 5.76 Å². The number of carbonyl (C=O) groups is 1. The van der Waals surface area contributed by atoms with E-state index < -0.39 is 5.97 Å². The molecule has 0 unspecified atom stereocenters. The Balaban J connectivity index is 1.81. The van der Waals surface area contributed by atoms with Crippen LogP contribution in [0.3, 0.4) is 0 Å². The minimum Gasteiger partial charge on any atom is -0.449 e. The van der Waals surface area contributed by atoms with Gasteiger partial charge < -0.3 is 9.15 Å². The average Bonchev–Trinajstić information content (AvgIpc) is 3.01. The van der Waals surface area contributed by atoms with Crippen LogP contribution in [0.4, 0.5) is 0 Å². The van der Waals surface area contributed by atoms with Crippen molar-refractivity contribution < 1.29 is 13.9 Å². The molecule has 0 saturated carbocycles. The van der Waals surface area contributed by atoms with E-state index in [9.17, 15) is 4.79 Å². The monoisotopic (exact) mass is 333 g/mol. The minimum absolute atomic E-state index is 0.0757. The summed E-state index contributed by atoms with van der Waals surface area (Å²) in [5, 5.41) is 0.861. The molecule has 0 bridgehead atoms. The lowest BCUT2D eigenvalue weighted by molar-refractivity contribution is 0.0695. The van der Waals surface area contributed by atoms with Gasteiger partial charge in [0.05, 0.1) is 10.0 Å². The second-order valence-electron chi connectivity index (χ2n) is 4.35.